The molecule has 0 saturated heterocycles. The van der Waals surface area contributed by atoms with Gasteiger partial charge in [-0.1, -0.05) is 36.9 Å². The van der Waals surface area contributed by atoms with Crippen molar-refractivity contribution in [2.75, 3.05) is 5.32 Å². The molecule has 0 radical (unpaired) electrons. The van der Waals surface area contributed by atoms with E-state index in [0.717, 1.165) is 17.9 Å². The van der Waals surface area contributed by atoms with Crippen molar-refractivity contribution in [3.05, 3.63) is 62.6 Å². The second kappa shape index (κ2) is 8.31. The van der Waals surface area contributed by atoms with Crippen molar-refractivity contribution in [1.29, 1.82) is 0 Å². The van der Waals surface area contributed by atoms with Gasteiger partial charge in [0.2, 0.25) is 5.82 Å². The number of hydrogen-bond acceptors (Lipinski definition) is 6. The normalized spacial score (nSPS) is 10.8. The van der Waals surface area contributed by atoms with Crippen LogP contribution >= 0.6 is 23.1 Å². The fourth-order valence-electron chi connectivity index (χ4n) is 2.36. The average Bonchev–Trinajstić information content (AvgIpc) is 3.16. The maximum atomic E-state index is 12.7. The number of aromatic nitrogens is 3. The first-order valence-corrected chi connectivity index (χ1v) is 10.1. The highest BCUT2D eigenvalue weighted by molar-refractivity contribution is 7.98. The van der Waals surface area contributed by atoms with Crippen molar-refractivity contribution in [1.82, 2.24) is 14.8 Å². The summed E-state index contributed by atoms with van der Waals surface area (Å²) in [5.41, 5.74) is 1.94. The van der Waals surface area contributed by atoms with Crippen molar-refractivity contribution in [2.24, 2.45) is 0 Å². The highest BCUT2D eigenvalue weighted by atomic mass is 32.2. The lowest BCUT2D eigenvalue weighted by atomic mass is 10.1. The molecule has 0 aliphatic heterocycles. The summed E-state index contributed by atoms with van der Waals surface area (Å²) in [5.74, 6) is 1.04. The first-order chi connectivity index (χ1) is 12.2. The van der Waals surface area contributed by atoms with Gasteiger partial charge in [0, 0.05) is 22.9 Å². The van der Waals surface area contributed by atoms with Crippen LogP contribution in [0.2, 0.25) is 0 Å². The van der Waals surface area contributed by atoms with Gasteiger partial charge in [0.1, 0.15) is 0 Å². The second-order valence-corrected chi connectivity index (χ2v) is 7.40. The number of anilines is 2. The number of rotatable bonds is 7. The molecular weight excluding hydrogens is 352 g/mol. The lowest BCUT2D eigenvalue weighted by Crippen LogP contribution is -2.26. The highest BCUT2D eigenvalue weighted by Gasteiger charge is 2.12. The van der Waals surface area contributed by atoms with Gasteiger partial charge in [-0.05, 0) is 42.5 Å². The summed E-state index contributed by atoms with van der Waals surface area (Å²) in [7, 11) is 0. The molecule has 2 aromatic heterocycles. The molecule has 0 amide bonds. The second-order valence-electron chi connectivity index (χ2n) is 5.42. The molecule has 0 saturated carbocycles. The zero-order valence-corrected chi connectivity index (χ0v) is 15.9. The average molecular weight is 373 g/mol. The van der Waals surface area contributed by atoms with E-state index in [0.29, 0.717) is 11.7 Å². The Hall–Kier alpha value is -2.12. The van der Waals surface area contributed by atoms with Crippen molar-refractivity contribution in [3.8, 4) is 0 Å². The summed E-state index contributed by atoms with van der Waals surface area (Å²) in [6, 6.07) is 12.1. The molecule has 1 aromatic carbocycles. The minimum Gasteiger partial charge on any atom is -0.334 e. The molecule has 3 rings (SSSR count). The van der Waals surface area contributed by atoms with E-state index in [2.05, 4.69) is 28.5 Å². The third-order valence-electron chi connectivity index (χ3n) is 3.78. The summed E-state index contributed by atoms with van der Waals surface area (Å²) in [5, 5.41) is 14.1. The number of hydrogen-bond donors (Lipinski definition) is 1. The van der Waals surface area contributed by atoms with Crippen LogP contribution in [0.15, 0.2) is 51.7 Å². The maximum Gasteiger partial charge on any atom is 0.297 e. The van der Waals surface area contributed by atoms with Crippen LogP contribution < -0.4 is 10.9 Å². The first kappa shape index (κ1) is 17.7. The minimum atomic E-state index is -0.147. The molecule has 0 atom stereocenters. The van der Waals surface area contributed by atoms with E-state index >= 15 is 0 Å². The standard InChI is InChI=1S/C18H20N4OS2/c1-3-13-7-9-14(10-8-13)19-16-17(23)22(4-2)18(21-20-16)25-12-15-6-5-11-24-15/h5-11H,3-4,12H2,1-2H3,(H,19,20). The van der Waals surface area contributed by atoms with Gasteiger partial charge < -0.3 is 5.32 Å². The summed E-state index contributed by atoms with van der Waals surface area (Å²) >= 11 is 3.23. The fraction of sp³-hybridized carbons (Fsp3) is 0.278. The summed E-state index contributed by atoms with van der Waals surface area (Å²) in [6.07, 6.45) is 0.985. The van der Waals surface area contributed by atoms with E-state index in [1.54, 1.807) is 15.9 Å². The van der Waals surface area contributed by atoms with Crippen LogP contribution in [0.4, 0.5) is 11.5 Å². The SMILES string of the molecule is CCc1ccc(Nc2nnc(SCc3cccs3)n(CC)c2=O)cc1. The van der Waals surface area contributed by atoms with Gasteiger partial charge in [-0.15, -0.1) is 21.5 Å². The van der Waals surface area contributed by atoms with Crippen LogP contribution in [0.25, 0.3) is 0 Å². The van der Waals surface area contributed by atoms with Gasteiger partial charge in [0.15, 0.2) is 5.16 Å². The van der Waals surface area contributed by atoms with Gasteiger partial charge in [-0.2, -0.15) is 0 Å². The summed E-state index contributed by atoms with van der Waals surface area (Å²) < 4.78 is 1.66. The predicted octanol–water partition coefficient (Wildman–Crippen LogP) is 4.32. The number of benzene rings is 1. The van der Waals surface area contributed by atoms with Crippen molar-refractivity contribution in [2.45, 2.75) is 37.7 Å². The summed E-state index contributed by atoms with van der Waals surface area (Å²) in [4.78, 5) is 13.9. The Morgan fingerprint density at radius 3 is 2.60 bits per heavy atom. The highest BCUT2D eigenvalue weighted by Crippen LogP contribution is 2.23. The Bertz CT molecular complexity index is 873. The van der Waals surface area contributed by atoms with Gasteiger partial charge in [0.05, 0.1) is 0 Å². The van der Waals surface area contributed by atoms with Crippen LogP contribution in [0.5, 0.6) is 0 Å². The number of nitrogens with zero attached hydrogens (tertiary/aromatic N) is 3. The van der Waals surface area contributed by atoms with Crippen molar-refractivity contribution < 1.29 is 0 Å². The molecule has 0 spiro atoms. The molecule has 0 aliphatic rings. The number of nitrogens with one attached hydrogen (secondary N) is 1. The fourth-order valence-corrected chi connectivity index (χ4v) is 4.13. The monoisotopic (exact) mass is 372 g/mol. The third kappa shape index (κ3) is 4.29. The Morgan fingerprint density at radius 2 is 1.96 bits per heavy atom. The molecule has 0 bridgehead atoms. The molecule has 2 heterocycles. The Morgan fingerprint density at radius 1 is 1.16 bits per heavy atom. The van der Waals surface area contributed by atoms with Crippen LogP contribution in [-0.4, -0.2) is 14.8 Å². The zero-order valence-electron chi connectivity index (χ0n) is 14.2. The third-order valence-corrected chi connectivity index (χ3v) is 5.85. The predicted molar refractivity (Wildman–Crippen MR) is 105 cm³/mol. The molecule has 0 unspecified atom stereocenters. The molecule has 130 valence electrons. The largest absolute Gasteiger partial charge is 0.334 e. The van der Waals surface area contributed by atoms with Gasteiger partial charge in [-0.3, -0.25) is 9.36 Å². The number of aryl methyl sites for hydroxylation is 1. The molecule has 25 heavy (non-hydrogen) atoms. The van der Waals surface area contributed by atoms with E-state index in [1.165, 1.54) is 22.2 Å². The Balaban J connectivity index is 1.79. The van der Waals surface area contributed by atoms with E-state index < -0.39 is 0 Å². The smallest absolute Gasteiger partial charge is 0.297 e. The van der Waals surface area contributed by atoms with E-state index in [1.807, 2.05) is 42.6 Å². The minimum absolute atomic E-state index is 0.147. The van der Waals surface area contributed by atoms with Crippen LogP contribution in [0.1, 0.15) is 24.3 Å². The van der Waals surface area contributed by atoms with E-state index in [-0.39, 0.29) is 11.4 Å². The first-order valence-electron chi connectivity index (χ1n) is 8.20. The molecule has 3 aromatic rings. The lowest BCUT2D eigenvalue weighted by Gasteiger charge is -2.11. The molecule has 5 nitrogen and oxygen atoms in total. The Kier molecular flexibility index (Phi) is 5.88. The number of thiophene rings is 1. The van der Waals surface area contributed by atoms with Gasteiger partial charge in [0.25, 0.3) is 5.56 Å². The lowest BCUT2D eigenvalue weighted by molar-refractivity contribution is 0.597. The molecule has 7 heteroatoms. The number of thioether (sulfide) groups is 1. The molecule has 0 aliphatic carbocycles. The molecular formula is C18H20N4OS2. The molecule has 0 fully saturated rings. The summed E-state index contributed by atoms with van der Waals surface area (Å²) in [6.45, 7) is 4.61. The van der Waals surface area contributed by atoms with Crippen molar-refractivity contribution in [3.63, 3.8) is 0 Å². The van der Waals surface area contributed by atoms with E-state index in [9.17, 15) is 4.79 Å². The zero-order chi connectivity index (χ0) is 17.6. The van der Waals surface area contributed by atoms with Crippen LogP contribution in [-0.2, 0) is 18.7 Å². The quantitative estimate of drug-likeness (QED) is 0.626. The van der Waals surface area contributed by atoms with Gasteiger partial charge in [-0.25, -0.2) is 0 Å². The maximum absolute atomic E-state index is 12.7. The van der Waals surface area contributed by atoms with Gasteiger partial charge >= 0.3 is 0 Å². The topological polar surface area (TPSA) is 59.8 Å². The van der Waals surface area contributed by atoms with E-state index in [4.69, 9.17) is 0 Å². The molecule has 1 N–H and O–H groups in total. The van der Waals surface area contributed by atoms with Crippen LogP contribution in [0.3, 0.4) is 0 Å². The van der Waals surface area contributed by atoms with Crippen LogP contribution in [0, 0.1) is 0 Å². The van der Waals surface area contributed by atoms with Crippen molar-refractivity contribution >= 4 is 34.6 Å². The Labute approximate surface area is 155 Å².